The molecule has 86 valence electrons. The Morgan fingerprint density at radius 2 is 2.29 bits per heavy atom. The van der Waals surface area contributed by atoms with Gasteiger partial charge in [-0.15, -0.1) is 11.3 Å². The van der Waals surface area contributed by atoms with Gasteiger partial charge in [-0.3, -0.25) is 0 Å². The second kappa shape index (κ2) is 4.35. The van der Waals surface area contributed by atoms with Crippen molar-refractivity contribution in [3.8, 4) is 0 Å². The third-order valence-electron chi connectivity index (χ3n) is 2.43. The molecule has 3 aromatic rings. The van der Waals surface area contributed by atoms with Crippen molar-refractivity contribution in [2.75, 3.05) is 5.32 Å². The molecule has 0 amide bonds. The molecule has 0 atom stereocenters. The number of nitrogens with zero attached hydrogens (tertiary/aromatic N) is 2. The van der Waals surface area contributed by atoms with Crippen molar-refractivity contribution in [2.24, 2.45) is 0 Å². The molecule has 0 aliphatic rings. The number of para-hydroxylation sites is 1. The lowest BCUT2D eigenvalue weighted by atomic mass is 10.2. The van der Waals surface area contributed by atoms with Crippen molar-refractivity contribution in [3.63, 3.8) is 0 Å². The van der Waals surface area contributed by atoms with Crippen LogP contribution in [0.15, 0.2) is 30.7 Å². The van der Waals surface area contributed by atoms with Crippen LogP contribution in [-0.4, -0.2) is 15.0 Å². The summed E-state index contributed by atoms with van der Waals surface area (Å²) in [6, 6.07) is 5.99. The molecule has 0 aliphatic carbocycles. The third kappa shape index (κ3) is 2.11. The summed E-state index contributed by atoms with van der Waals surface area (Å²) in [7, 11) is 0. The van der Waals surface area contributed by atoms with Gasteiger partial charge in [0.25, 0.3) is 0 Å². The number of benzene rings is 1. The molecule has 0 spiro atoms. The monoisotopic (exact) mass is 264 g/mol. The molecule has 0 aliphatic heterocycles. The van der Waals surface area contributed by atoms with Crippen molar-refractivity contribution in [2.45, 2.75) is 6.54 Å². The lowest BCUT2D eigenvalue weighted by Gasteiger charge is -2.04. The highest BCUT2D eigenvalue weighted by molar-refractivity contribution is 7.15. The van der Waals surface area contributed by atoms with E-state index in [2.05, 4.69) is 20.3 Å². The molecule has 0 fully saturated rings. The van der Waals surface area contributed by atoms with Crippen molar-refractivity contribution in [3.05, 3.63) is 40.1 Å². The maximum atomic E-state index is 5.78. The first-order valence-corrected chi connectivity index (χ1v) is 6.28. The van der Waals surface area contributed by atoms with Gasteiger partial charge in [-0.1, -0.05) is 17.7 Å². The second-order valence-electron chi connectivity index (χ2n) is 3.54. The van der Waals surface area contributed by atoms with Crippen molar-refractivity contribution >= 4 is 39.7 Å². The third-order valence-corrected chi connectivity index (χ3v) is 3.54. The summed E-state index contributed by atoms with van der Waals surface area (Å²) in [5.74, 6) is 0. The Balaban J connectivity index is 1.83. The fraction of sp³-hybridized carbons (Fsp3) is 0.0909. The van der Waals surface area contributed by atoms with Gasteiger partial charge >= 0.3 is 0 Å². The average Bonchev–Trinajstić information content (AvgIpc) is 2.94. The minimum Gasteiger partial charge on any atom is -0.378 e. The maximum Gasteiger partial charge on any atom is 0.183 e. The fourth-order valence-corrected chi connectivity index (χ4v) is 2.57. The number of fused-ring (bicyclic) bond motifs is 1. The number of aromatic amines is 1. The van der Waals surface area contributed by atoms with Gasteiger partial charge in [0.15, 0.2) is 4.47 Å². The van der Waals surface area contributed by atoms with E-state index in [0.29, 0.717) is 11.0 Å². The number of aromatic nitrogens is 3. The molecule has 0 radical (unpaired) electrons. The molecule has 2 N–H and O–H groups in total. The fourth-order valence-electron chi connectivity index (χ4n) is 1.66. The standard InChI is InChI=1S/C11H9ClN4S/c12-11-14-5-7(17-11)4-13-8-2-1-3-9-10(8)16-6-15-9/h1-3,5-6,13H,4H2,(H,15,16). The first kappa shape index (κ1) is 10.6. The Hall–Kier alpha value is -1.59. The van der Waals surface area contributed by atoms with Crippen LogP contribution in [0.25, 0.3) is 11.0 Å². The lowest BCUT2D eigenvalue weighted by molar-refractivity contribution is 1.18. The van der Waals surface area contributed by atoms with E-state index in [1.165, 1.54) is 11.3 Å². The van der Waals surface area contributed by atoms with Crippen LogP contribution in [0.5, 0.6) is 0 Å². The number of halogens is 1. The van der Waals surface area contributed by atoms with Crippen LogP contribution in [0.1, 0.15) is 4.88 Å². The molecule has 2 heterocycles. The summed E-state index contributed by atoms with van der Waals surface area (Å²) >= 11 is 7.26. The number of anilines is 1. The summed E-state index contributed by atoms with van der Waals surface area (Å²) < 4.78 is 0.569. The molecule has 0 bridgehead atoms. The first-order chi connectivity index (χ1) is 8.33. The van der Waals surface area contributed by atoms with Crippen molar-refractivity contribution in [1.29, 1.82) is 0 Å². The molecule has 0 saturated heterocycles. The number of nitrogens with one attached hydrogen (secondary N) is 2. The average molecular weight is 265 g/mol. The van der Waals surface area contributed by atoms with Crippen LogP contribution in [0.3, 0.4) is 0 Å². The zero-order valence-electron chi connectivity index (χ0n) is 8.77. The van der Waals surface area contributed by atoms with E-state index in [4.69, 9.17) is 11.6 Å². The van der Waals surface area contributed by atoms with Gasteiger partial charge in [0, 0.05) is 11.1 Å². The molecule has 4 nitrogen and oxygen atoms in total. The van der Waals surface area contributed by atoms with Gasteiger partial charge in [-0.05, 0) is 12.1 Å². The van der Waals surface area contributed by atoms with Gasteiger partial charge in [-0.25, -0.2) is 9.97 Å². The summed E-state index contributed by atoms with van der Waals surface area (Å²) in [4.78, 5) is 12.5. The Kier molecular flexibility index (Phi) is 2.70. The van der Waals surface area contributed by atoms with Gasteiger partial charge in [0.05, 0.1) is 24.1 Å². The van der Waals surface area contributed by atoms with E-state index in [0.717, 1.165) is 21.6 Å². The van der Waals surface area contributed by atoms with E-state index in [-0.39, 0.29) is 0 Å². The summed E-state index contributed by atoms with van der Waals surface area (Å²) in [5.41, 5.74) is 2.98. The lowest BCUT2D eigenvalue weighted by Crippen LogP contribution is -1.97. The smallest absolute Gasteiger partial charge is 0.183 e. The van der Waals surface area contributed by atoms with Gasteiger partial charge in [0.1, 0.15) is 5.52 Å². The molecule has 2 aromatic heterocycles. The Morgan fingerprint density at radius 3 is 3.12 bits per heavy atom. The van der Waals surface area contributed by atoms with Crippen LogP contribution in [0, 0.1) is 0 Å². The Morgan fingerprint density at radius 1 is 1.35 bits per heavy atom. The molecule has 3 rings (SSSR count). The van der Waals surface area contributed by atoms with E-state index < -0.39 is 0 Å². The number of rotatable bonds is 3. The Labute approximate surface area is 107 Å². The summed E-state index contributed by atoms with van der Waals surface area (Å²) in [6.45, 7) is 0.705. The highest BCUT2D eigenvalue weighted by Crippen LogP contribution is 2.22. The molecule has 1 aromatic carbocycles. The zero-order chi connectivity index (χ0) is 11.7. The molecular formula is C11H9ClN4S. The van der Waals surface area contributed by atoms with E-state index in [9.17, 15) is 0 Å². The summed E-state index contributed by atoms with van der Waals surface area (Å²) in [5, 5.41) is 3.33. The molecular weight excluding hydrogens is 256 g/mol. The number of thiazole rings is 1. The first-order valence-electron chi connectivity index (χ1n) is 5.09. The number of hydrogen-bond acceptors (Lipinski definition) is 4. The van der Waals surface area contributed by atoms with Crippen LogP contribution in [0.2, 0.25) is 4.47 Å². The SMILES string of the molecule is Clc1ncc(CNc2cccc3[nH]cnc23)s1. The van der Waals surface area contributed by atoms with Crippen LogP contribution in [-0.2, 0) is 6.54 Å². The molecule has 0 unspecified atom stereocenters. The topological polar surface area (TPSA) is 53.6 Å². The summed E-state index contributed by atoms with van der Waals surface area (Å²) in [6.07, 6.45) is 3.48. The van der Waals surface area contributed by atoms with Crippen LogP contribution < -0.4 is 5.32 Å². The van der Waals surface area contributed by atoms with Crippen LogP contribution >= 0.6 is 22.9 Å². The normalized spacial score (nSPS) is 10.9. The quantitative estimate of drug-likeness (QED) is 0.763. The van der Waals surface area contributed by atoms with E-state index >= 15 is 0 Å². The largest absolute Gasteiger partial charge is 0.378 e. The number of imidazole rings is 1. The predicted octanol–water partition coefficient (Wildman–Crippen LogP) is 3.28. The predicted molar refractivity (Wildman–Crippen MR) is 70.5 cm³/mol. The highest BCUT2D eigenvalue weighted by Gasteiger charge is 2.04. The molecule has 0 saturated carbocycles. The Bertz CT molecular complexity index is 646. The van der Waals surface area contributed by atoms with Crippen molar-refractivity contribution < 1.29 is 0 Å². The second-order valence-corrected chi connectivity index (χ2v) is 5.23. The number of hydrogen-bond donors (Lipinski definition) is 2. The maximum absolute atomic E-state index is 5.78. The van der Waals surface area contributed by atoms with Gasteiger partial charge < -0.3 is 10.3 Å². The number of H-pyrrole nitrogens is 1. The van der Waals surface area contributed by atoms with Gasteiger partial charge in [-0.2, -0.15) is 0 Å². The zero-order valence-corrected chi connectivity index (χ0v) is 10.3. The highest BCUT2D eigenvalue weighted by atomic mass is 35.5. The van der Waals surface area contributed by atoms with Crippen LogP contribution in [0.4, 0.5) is 5.69 Å². The van der Waals surface area contributed by atoms with Gasteiger partial charge in [0.2, 0.25) is 0 Å². The van der Waals surface area contributed by atoms with Crippen molar-refractivity contribution in [1.82, 2.24) is 15.0 Å². The molecule has 6 heteroatoms. The molecule has 17 heavy (non-hydrogen) atoms. The van der Waals surface area contributed by atoms with E-state index in [1.807, 2.05) is 18.2 Å². The minimum atomic E-state index is 0.569. The minimum absolute atomic E-state index is 0.569. The van der Waals surface area contributed by atoms with E-state index in [1.54, 1.807) is 12.5 Å².